The van der Waals surface area contributed by atoms with Gasteiger partial charge in [-0.2, -0.15) is 0 Å². The van der Waals surface area contributed by atoms with E-state index in [1.54, 1.807) is 0 Å². The van der Waals surface area contributed by atoms with E-state index in [0.29, 0.717) is 6.54 Å². The monoisotopic (exact) mass is 186 g/mol. The highest BCUT2D eigenvalue weighted by Crippen LogP contribution is 2.03. The number of amides is 1. The third-order valence-corrected chi connectivity index (χ3v) is 2.08. The fraction of sp³-hybridized carbons (Fsp3) is 0.750. The second kappa shape index (κ2) is 4.81. The molecule has 0 aromatic heterocycles. The quantitative estimate of drug-likeness (QED) is 0.474. The lowest BCUT2D eigenvalue weighted by molar-refractivity contribution is -0.150. The first-order valence-corrected chi connectivity index (χ1v) is 4.44. The average molecular weight is 186 g/mol. The van der Waals surface area contributed by atoms with Crippen LogP contribution in [0.5, 0.6) is 0 Å². The number of aliphatic carboxylic acids is 1. The Bertz CT molecular complexity index is 198. The van der Waals surface area contributed by atoms with Crippen molar-refractivity contribution >= 4 is 11.9 Å². The molecule has 3 N–H and O–H groups in total. The molecule has 5 heteroatoms. The van der Waals surface area contributed by atoms with Crippen molar-refractivity contribution in [3.8, 4) is 0 Å². The maximum Gasteiger partial charge on any atom is 0.394 e. The number of carboxylic acid groups (broad SMARTS) is 1. The smallest absolute Gasteiger partial charge is 0.394 e. The highest BCUT2D eigenvalue weighted by atomic mass is 16.4. The molecule has 0 bridgehead atoms. The second-order valence-corrected chi connectivity index (χ2v) is 3.18. The lowest BCUT2D eigenvalue weighted by Gasteiger charge is -2.14. The van der Waals surface area contributed by atoms with E-state index in [4.69, 9.17) is 5.11 Å². The summed E-state index contributed by atoms with van der Waals surface area (Å²) in [7, 11) is 0. The molecule has 74 valence electrons. The van der Waals surface area contributed by atoms with Gasteiger partial charge in [-0.3, -0.25) is 4.79 Å². The van der Waals surface area contributed by atoms with Gasteiger partial charge in [0.15, 0.2) is 0 Å². The van der Waals surface area contributed by atoms with Crippen molar-refractivity contribution in [3.63, 3.8) is 0 Å². The van der Waals surface area contributed by atoms with Crippen LogP contribution in [0, 0.1) is 0 Å². The van der Waals surface area contributed by atoms with Crippen LogP contribution in [0.25, 0.3) is 0 Å². The average Bonchev–Trinajstić information content (AvgIpc) is 2.32. The predicted octanol–water partition coefficient (Wildman–Crippen LogP) is -0.671. The first kappa shape index (κ1) is 9.98. The van der Waals surface area contributed by atoms with Gasteiger partial charge in [-0.15, -0.1) is 0 Å². The van der Waals surface area contributed by atoms with Gasteiger partial charge in [-0.1, -0.05) is 6.42 Å². The number of rotatable bonds is 1. The van der Waals surface area contributed by atoms with Crippen molar-refractivity contribution in [3.05, 3.63) is 0 Å². The summed E-state index contributed by atoms with van der Waals surface area (Å²) in [5, 5.41) is 13.9. The molecule has 1 atom stereocenters. The Hall–Kier alpha value is -1.10. The third-order valence-electron chi connectivity index (χ3n) is 2.08. The summed E-state index contributed by atoms with van der Waals surface area (Å²) in [5.41, 5.74) is 0. The van der Waals surface area contributed by atoms with Gasteiger partial charge in [0.1, 0.15) is 0 Å². The number of hydrogen-bond donors (Lipinski definition) is 3. The molecule has 1 saturated heterocycles. The number of carbonyl (C=O) groups excluding carboxylic acids is 1. The molecule has 0 aromatic carbocycles. The van der Waals surface area contributed by atoms with Crippen molar-refractivity contribution in [1.29, 1.82) is 0 Å². The summed E-state index contributed by atoms with van der Waals surface area (Å²) in [6.45, 7) is 1.61. The van der Waals surface area contributed by atoms with Crippen LogP contribution >= 0.6 is 0 Å². The van der Waals surface area contributed by atoms with Crippen LogP contribution in [-0.2, 0) is 9.59 Å². The fourth-order valence-electron chi connectivity index (χ4n) is 1.39. The summed E-state index contributed by atoms with van der Waals surface area (Å²) in [4.78, 5) is 21.0. The van der Waals surface area contributed by atoms with Gasteiger partial charge < -0.3 is 15.7 Å². The van der Waals surface area contributed by atoms with Crippen molar-refractivity contribution < 1.29 is 14.7 Å². The molecular formula is C8H14N2O3. The van der Waals surface area contributed by atoms with Crippen molar-refractivity contribution in [2.24, 2.45) is 0 Å². The van der Waals surface area contributed by atoms with Crippen LogP contribution in [0.2, 0.25) is 0 Å². The third kappa shape index (κ3) is 3.42. The molecule has 0 aliphatic carbocycles. The lowest BCUT2D eigenvalue weighted by atomic mass is 10.1. The Kier molecular flexibility index (Phi) is 3.70. The molecule has 0 saturated carbocycles. The van der Waals surface area contributed by atoms with E-state index in [2.05, 4.69) is 10.6 Å². The number of carbonyl (C=O) groups is 2. The molecule has 1 fully saturated rings. The summed E-state index contributed by atoms with van der Waals surface area (Å²) in [6, 6.07) is -0.0360. The molecular weight excluding hydrogens is 172 g/mol. The number of nitrogens with one attached hydrogen (secondary N) is 2. The van der Waals surface area contributed by atoms with Crippen LogP contribution in [0.4, 0.5) is 0 Å². The summed E-state index contributed by atoms with van der Waals surface area (Å²) in [5.74, 6) is -2.32. The van der Waals surface area contributed by atoms with Crippen LogP contribution < -0.4 is 10.6 Å². The standard InChI is InChI=1S/C8H14N2O3/c11-7(8(12)13)10-6-3-1-2-4-9-5-6/h6,9H,1-5H2,(H,10,11)(H,12,13). The Labute approximate surface area is 76.5 Å². The molecule has 0 radical (unpaired) electrons. The molecule has 0 aromatic rings. The molecule has 1 aliphatic heterocycles. The Morgan fingerprint density at radius 2 is 2.15 bits per heavy atom. The zero-order chi connectivity index (χ0) is 9.68. The molecule has 13 heavy (non-hydrogen) atoms. The lowest BCUT2D eigenvalue weighted by Crippen LogP contribution is -2.43. The van der Waals surface area contributed by atoms with E-state index in [1.807, 2.05) is 0 Å². The normalized spacial score (nSPS) is 23.2. The maximum absolute atomic E-state index is 10.8. The Balaban J connectivity index is 2.33. The topological polar surface area (TPSA) is 78.4 Å². The summed E-state index contributed by atoms with van der Waals surface area (Å²) >= 11 is 0. The minimum Gasteiger partial charge on any atom is -0.474 e. The van der Waals surface area contributed by atoms with Gasteiger partial charge in [-0.25, -0.2) is 4.79 Å². The van der Waals surface area contributed by atoms with Crippen LogP contribution in [0.3, 0.4) is 0 Å². The molecule has 1 unspecified atom stereocenters. The predicted molar refractivity (Wildman–Crippen MR) is 46.3 cm³/mol. The Morgan fingerprint density at radius 1 is 1.38 bits per heavy atom. The van der Waals surface area contributed by atoms with Crippen LogP contribution in [0.15, 0.2) is 0 Å². The highest BCUT2D eigenvalue weighted by Gasteiger charge is 2.18. The molecule has 1 aliphatic rings. The largest absolute Gasteiger partial charge is 0.474 e. The van der Waals surface area contributed by atoms with Crippen LogP contribution in [-0.4, -0.2) is 36.1 Å². The van der Waals surface area contributed by atoms with E-state index in [-0.39, 0.29) is 6.04 Å². The van der Waals surface area contributed by atoms with Gasteiger partial charge in [0, 0.05) is 12.6 Å². The highest BCUT2D eigenvalue weighted by molar-refractivity contribution is 6.31. The van der Waals surface area contributed by atoms with E-state index in [0.717, 1.165) is 25.8 Å². The molecule has 0 spiro atoms. The van der Waals surface area contributed by atoms with E-state index >= 15 is 0 Å². The first-order valence-electron chi connectivity index (χ1n) is 4.44. The molecule has 1 amide bonds. The Morgan fingerprint density at radius 3 is 2.85 bits per heavy atom. The van der Waals surface area contributed by atoms with Gasteiger partial charge in [0.25, 0.3) is 0 Å². The molecule has 5 nitrogen and oxygen atoms in total. The fourth-order valence-corrected chi connectivity index (χ4v) is 1.39. The van der Waals surface area contributed by atoms with Gasteiger partial charge in [0.05, 0.1) is 0 Å². The number of carboxylic acids is 1. The van der Waals surface area contributed by atoms with Gasteiger partial charge in [0.2, 0.25) is 0 Å². The van der Waals surface area contributed by atoms with Gasteiger partial charge >= 0.3 is 11.9 Å². The van der Waals surface area contributed by atoms with Crippen molar-refractivity contribution in [1.82, 2.24) is 10.6 Å². The van der Waals surface area contributed by atoms with Crippen molar-refractivity contribution in [2.75, 3.05) is 13.1 Å². The van der Waals surface area contributed by atoms with E-state index in [1.165, 1.54) is 0 Å². The second-order valence-electron chi connectivity index (χ2n) is 3.18. The SMILES string of the molecule is O=C(O)C(=O)NC1CCCCNC1. The van der Waals surface area contributed by atoms with Crippen molar-refractivity contribution in [2.45, 2.75) is 25.3 Å². The van der Waals surface area contributed by atoms with Gasteiger partial charge in [-0.05, 0) is 19.4 Å². The minimum atomic E-state index is -1.41. The summed E-state index contributed by atoms with van der Waals surface area (Å²) in [6.07, 6.45) is 2.96. The maximum atomic E-state index is 10.8. The van der Waals surface area contributed by atoms with E-state index < -0.39 is 11.9 Å². The van der Waals surface area contributed by atoms with E-state index in [9.17, 15) is 9.59 Å². The molecule has 1 heterocycles. The first-order chi connectivity index (χ1) is 6.20. The number of hydrogen-bond acceptors (Lipinski definition) is 3. The zero-order valence-electron chi connectivity index (χ0n) is 7.38. The minimum absolute atomic E-state index is 0.0360. The zero-order valence-corrected chi connectivity index (χ0v) is 7.38. The molecule has 1 rings (SSSR count). The summed E-state index contributed by atoms with van der Waals surface area (Å²) < 4.78 is 0. The van der Waals surface area contributed by atoms with Crippen LogP contribution in [0.1, 0.15) is 19.3 Å².